The maximum absolute atomic E-state index is 6.66. The minimum absolute atomic E-state index is 0. The number of hydrogen-bond acceptors (Lipinski definition) is 0. The topological polar surface area (TPSA) is 4.36 Å². The minimum atomic E-state index is -0.446. The van der Waals surface area contributed by atoms with E-state index in [1.165, 1.54) is 15.9 Å². The Labute approximate surface area is 202 Å². The molecule has 0 amide bonds. The van der Waals surface area contributed by atoms with E-state index in [-0.39, 0.29) is 20.4 Å². The molecule has 0 fully saturated rings. The molecule has 0 aliphatic heterocycles. The Kier molecular flexibility index (Phi) is 10.3. The number of nitrogens with zero attached hydrogens (tertiary/aromatic N) is 1. The zero-order valence-corrected chi connectivity index (χ0v) is 19.8. The Hall–Kier alpha value is -1.96. The fourth-order valence-corrected chi connectivity index (χ4v) is 5.40. The first-order valence-electron chi connectivity index (χ1n) is 8.97. The van der Waals surface area contributed by atoms with Crippen LogP contribution in [-0.4, -0.2) is 0 Å². The molecule has 4 aromatic rings. The second kappa shape index (κ2) is 12.7. The molecular weight excluding hydrogens is 523 g/mol. The summed E-state index contributed by atoms with van der Waals surface area (Å²) in [5, 5.41) is 4.95. The van der Waals surface area contributed by atoms with Gasteiger partial charge in [0, 0.05) is 25.4 Å². The molecule has 0 unspecified atom stereocenters. The zero-order valence-electron chi connectivity index (χ0n) is 15.9. The van der Waals surface area contributed by atoms with Gasteiger partial charge < -0.3 is 0 Å². The van der Waals surface area contributed by atoms with Crippen LogP contribution in [0.1, 0.15) is 0 Å². The molecule has 0 saturated heterocycles. The summed E-state index contributed by atoms with van der Waals surface area (Å²) in [6.45, 7) is 6.66. The third kappa shape index (κ3) is 6.52. The summed E-state index contributed by atoms with van der Waals surface area (Å²) in [6, 6.07) is 37.3. The van der Waals surface area contributed by atoms with Crippen LogP contribution in [-0.2, 0) is 20.4 Å². The predicted molar refractivity (Wildman–Crippen MR) is 128 cm³/mol. The number of benzene rings is 4. The Morgan fingerprint density at radius 1 is 0.567 bits per heavy atom. The van der Waals surface area contributed by atoms with Gasteiger partial charge in [0.2, 0.25) is 5.69 Å². The van der Waals surface area contributed by atoms with Gasteiger partial charge in [-0.15, -0.1) is 0 Å². The van der Waals surface area contributed by atoms with Crippen LogP contribution in [0.4, 0.5) is 5.69 Å². The van der Waals surface area contributed by atoms with Gasteiger partial charge in [-0.05, 0) is 29.9 Å². The molecule has 5 heteroatoms. The van der Waals surface area contributed by atoms with E-state index in [9.17, 15) is 0 Å². The van der Waals surface area contributed by atoms with Gasteiger partial charge in [0.15, 0.2) is 0 Å². The summed E-state index contributed by atoms with van der Waals surface area (Å²) in [7, 11) is -0.446. The summed E-state index contributed by atoms with van der Waals surface area (Å²) in [4.78, 5) is 3.16. The summed E-state index contributed by atoms with van der Waals surface area (Å²) in [5.41, 5.74) is 0.397. The van der Waals surface area contributed by atoms with E-state index in [2.05, 4.69) is 95.8 Å². The van der Waals surface area contributed by atoms with Gasteiger partial charge in [0.1, 0.15) is 0 Å². The van der Waals surface area contributed by atoms with Crippen molar-refractivity contribution in [3.05, 3.63) is 131 Å². The van der Waals surface area contributed by atoms with Crippen molar-refractivity contribution >= 4 is 52.7 Å². The van der Waals surface area contributed by atoms with E-state index in [0.717, 1.165) is 0 Å². The Balaban J connectivity index is 0.000000249. The average molecular weight is 541 g/mol. The van der Waals surface area contributed by atoms with Crippen LogP contribution < -0.4 is 15.9 Å². The molecule has 0 bridgehead atoms. The van der Waals surface area contributed by atoms with Crippen LogP contribution in [0, 0.1) is 6.57 Å². The smallest absolute Gasteiger partial charge is 0.206 e. The molecule has 30 heavy (non-hydrogen) atoms. The van der Waals surface area contributed by atoms with Crippen molar-refractivity contribution in [2.24, 2.45) is 0 Å². The molecule has 0 heterocycles. The molecule has 0 aliphatic carbocycles. The first-order valence-corrected chi connectivity index (χ1v) is 11.1. The molecule has 0 aromatic heterocycles. The second-order valence-corrected chi connectivity index (χ2v) is 9.03. The van der Waals surface area contributed by atoms with Crippen LogP contribution >= 0.6 is 31.1 Å². The van der Waals surface area contributed by atoms with Crippen molar-refractivity contribution in [1.29, 1.82) is 0 Å². The summed E-state index contributed by atoms with van der Waals surface area (Å²) in [5.74, 6) is 0. The Morgan fingerprint density at radius 2 is 0.967 bits per heavy atom. The van der Waals surface area contributed by atoms with E-state index in [1.807, 2.05) is 0 Å². The minimum Gasteiger partial charge on any atom is -0.237 e. The third-order valence-corrected chi connectivity index (χ3v) is 7.35. The molecule has 0 saturated carbocycles. The average Bonchev–Trinajstić information content (AvgIpc) is 2.79. The van der Waals surface area contributed by atoms with Gasteiger partial charge in [-0.3, -0.25) is 0 Å². The molecule has 1 nitrogen and oxygen atoms in total. The maximum atomic E-state index is 6.66. The third-order valence-electron chi connectivity index (χ3n) is 4.09. The fraction of sp³-hybridized carbons (Fsp3) is 0. The molecule has 4 rings (SSSR count). The molecule has 0 radical (unpaired) electrons. The molecule has 4 aromatic carbocycles. The van der Waals surface area contributed by atoms with Gasteiger partial charge in [0.05, 0.1) is 11.6 Å². The quantitative estimate of drug-likeness (QED) is 0.150. The predicted octanol–water partition coefficient (Wildman–Crippen LogP) is 6.99. The van der Waals surface area contributed by atoms with Gasteiger partial charge in [-0.25, -0.2) is 4.85 Å². The zero-order chi connectivity index (χ0) is 20.5. The molecule has 0 spiro atoms. The molecule has 152 valence electrons. The number of rotatable bonds is 3. The van der Waals surface area contributed by atoms with E-state index in [1.54, 1.807) is 18.2 Å². The van der Waals surface area contributed by atoms with E-state index in [4.69, 9.17) is 29.8 Å². The summed E-state index contributed by atoms with van der Waals surface area (Å²) >= 11 is 11.3. The number of hydrogen-bond donors (Lipinski definition) is 0. The van der Waals surface area contributed by atoms with Gasteiger partial charge >= 0.3 is 0 Å². The maximum Gasteiger partial charge on any atom is 0.206 e. The first-order chi connectivity index (χ1) is 14.2. The fourth-order valence-electron chi connectivity index (χ4n) is 2.76. The summed E-state index contributed by atoms with van der Waals surface area (Å²) in [6.07, 6.45) is 0. The Bertz CT molecular complexity index is 991. The summed E-state index contributed by atoms with van der Waals surface area (Å²) < 4.78 is 0. The van der Waals surface area contributed by atoms with Crippen LogP contribution in [0.2, 0.25) is 10.0 Å². The van der Waals surface area contributed by atoms with Crippen LogP contribution in [0.3, 0.4) is 0 Å². The van der Waals surface area contributed by atoms with E-state index in [0.29, 0.717) is 15.7 Å². The first kappa shape index (κ1) is 24.3. The number of halogens is 2. The van der Waals surface area contributed by atoms with Crippen molar-refractivity contribution in [3.8, 4) is 0 Å². The molecular formula is C25H18Cl2NPPd. The second-order valence-electron chi connectivity index (χ2n) is 6.03. The van der Waals surface area contributed by atoms with Crippen LogP contribution in [0.15, 0.2) is 109 Å². The normalized spacial score (nSPS) is 9.67. The van der Waals surface area contributed by atoms with Crippen molar-refractivity contribution in [3.63, 3.8) is 0 Å². The van der Waals surface area contributed by atoms with Crippen LogP contribution in [0.5, 0.6) is 0 Å². The SMILES string of the molecule is [C-]#[N+]c1cccc(Cl)c1Cl.[Pd].c1ccc(P(c2ccccc2)c2ccccc2)cc1. The standard InChI is InChI=1S/C18H15P.C7H3Cl2N.Pd/c1-4-10-16(11-5-1)19(17-12-6-2-7-13-17)18-14-8-3-9-15-18;1-10-6-4-2-3-5(8)7(6)9;/h1-15H;2-4H;. The largest absolute Gasteiger partial charge is 0.237 e. The Morgan fingerprint density at radius 3 is 1.30 bits per heavy atom. The van der Waals surface area contributed by atoms with Gasteiger partial charge in [-0.1, -0.05) is 126 Å². The monoisotopic (exact) mass is 539 g/mol. The van der Waals surface area contributed by atoms with Crippen LogP contribution in [0.25, 0.3) is 4.85 Å². The van der Waals surface area contributed by atoms with Crippen molar-refractivity contribution in [2.45, 2.75) is 0 Å². The van der Waals surface area contributed by atoms with Crippen molar-refractivity contribution in [1.82, 2.24) is 0 Å². The van der Waals surface area contributed by atoms with E-state index < -0.39 is 7.92 Å². The van der Waals surface area contributed by atoms with Crippen molar-refractivity contribution < 1.29 is 20.4 Å². The molecule has 0 atom stereocenters. The van der Waals surface area contributed by atoms with Crippen molar-refractivity contribution in [2.75, 3.05) is 0 Å². The van der Waals surface area contributed by atoms with Gasteiger partial charge in [-0.2, -0.15) is 0 Å². The van der Waals surface area contributed by atoms with E-state index >= 15 is 0 Å². The molecule has 0 N–H and O–H groups in total. The molecule has 0 aliphatic rings. The van der Waals surface area contributed by atoms with Gasteiger partial charge in [0.25, 0.3) is 0 Å².